The van der Waals surface area contributed by atoms with Gasteiger partial charge in [-0.25, -0.2) is 0 Å². The van der Waals surface area contributed by atoms with Crippen LogP contribution >= 0.6 is 11.6 Å². The predicted octanol–water partition coefficient (Wildman–Crippen LogP) is 1.08. The third-order valence-electron chi connectivity index (χ3n) is 4.56. The van der Waals surface area contributed by atoms with Crippen LogP contribution in [0.5, 0.6) is 0 Å². The van der Waals surface area contributed by atoms with Crippen molar-refractivity contribution in [1.29, 1.82) is 0 Å². The first-order valence-electron chi connectivity index (χ1n) is 8.13. The lowest BCUT2D eigenvalue weighted by Crippen LogP contribution is -3.14. The summed E-state index contributed by atoms with van der Waals surface area (Å²) in [7, 11) is 0. The van der Waals surface area contributed by atoms with Gasteiger partial charge in [0.2, 0.25) is 0 Å². The van der Waals surface area contributed by atoms with Gasteiger partial charge in [0, 0.05) is 22.8 Å². The van der Waals surface area contributed by atoms with Gasteiger partial charge in [0.25, 0.3) is 11.2 Å². The SMILES string of the molecule is Cc1ccc(Cl)cc1N1CC[NH+](Cn2cc([N+](=O)[O-])ccc2=O)CC1. The fraction of sp³-hybridized carbons (Fsp3) is 0.353. The minimum absolute atomic E-state index is 0.0628. The van der Waals surface area contributed by atoms with Crippen molar-refractivity contribution in [2.75, 3.05) is 31.1 Å². The van der Waals surface area contributed by atoms with Gasteiger partial charge < -0.3 is 9.80 Å². The molecule has 2 heterocycles. The van der Waals surface area contributed by atoms with Crippen LogP contribution in [0.1, 0.15) is 5.56 Å². The Bertz CT molecular complexity index is 844. The lowest BCUT2D eigenvalue weighted by molar-refractivity contribution is -0.923. The summed E-state index contributed by atoms with van der Waals surface area (Å²) in [6.45, 7) is 5.89. The third kappa shape index (κ3) is 4.00. The van der Waals surface area contributed by atoms with Crippen LogP contribution < -0.4 is 15.4 Å². The molecule has 1 aromatic heterocycles. The van der Waals surface area contributed by atoms with Crippen molar-refractivity contribution in [2.24, 2.45) is 0 Å². The molecule has 25 heavy (non-hydrogen) atoms. The number of piperazine rings is 1. The van der Waals surface area contributed by atoms with E-state index in [0.717, 1.165) is 36.9 Å². The lowest BCUT2D eigenvalue weighted by Gasteiger charge is -2.34. The number of hydrogen-bond acceptors (Lipinski definition) is 4. The van der Waals surface area contributed by atoms with E-state index >= 15 is 0 Å². The molecule has 1 fully saturated rings. The van der Waals surface area contributed by atoms with Crippen LogP contribution in [-0.2, 0) is 6.67 Å². The second-order valence-electron chi connectivity index (χ2n) is 6.28. The van der Waals surface area contributed by atoms with E-state index in [-0.39, 0.29) is 11.2 Å². The summed E-state index contributed by atoms with van der Waals surface area (Å²) in [6, 6.07) is 8.38. The van der Waals surface area contributed by atoms with E-state index in [0.29, 0.717) is 6.67 Å². The van der Waals surface area contributed by atoms with E-state index in [1.54, 1.807) is 0 Å². The topological polar surface area (TPSA) is 72.8 Å². The standard InChI is InChI=1S/C17H19ClN4O3/c1-13-2-3-14(18)10-16(13)20-8-6-19(7-9-20)12-21-11-15(22(24)25)4-5-17(21)23/h2-5,10-11H,6-9,12H2,1H3/p+1. The van der Waals surface area contributed by atoms with Crippen LogP contribution in [0.15, 0.2) is 41.3 Å². The maximum absolute atomic E-state index is 11.9. The van der Waals surface area contributed by atoms with Crippen molar-refractivity contribution < 1.29 is 9.82 Å². The zero-order valence-corrected chi connectivity index (χ0v) is 14.7. The van der Waals surface area contributed by atoms with Gasteiger partial charge >= 0.3 is 0 Å². The van der Waals surface area contributed by atoms with Gasteiger partial charge in [0.1, 0.15) is 0 Å². The summed E-state index contributed by atoms with van der Waals surface area (Å²) >= 11 is 6.10. The molecule has 3 rings (SSSR count). The molecule has 0 aliphatic carbocycles. The van der Waals surface area contributed by atoms with Crippen molar-refractivity contribution in [3.05, 3.63) is 67.6 Å². The highest BCUT2D eigenvalue weighted by atomic mass is 35.5. The Morgan fingerprint density at radius 1 is 1.24 bits per heavy atom. The Kier molecular flexibility index (Phi) is 5.06. The number of pyridine rings is 1. The zero-order valence-electron chi connectivity index (χ0n) is 13.9. The van der Waals surface area contributed by atoms with Crippen LogP contribution in [0.3, 0.4) is 0 Å². The fourth-order valence-electron chi connectivity index (χ4n) is 3.14. The first-order chi connectivity index (χ1) is 11.9. The molecule has 132 valence electrons. The highest BCUT2D eigenvalue weighted by Crippen LogP contribution is 2.24. The summed E-state index contributed by atoms with van der Waals surface area (Å²) in [5.74, 6) is 0. The van der Waals surface area contributed by atoms with Crippen LogP contribution in [0, 0.1) is 17.0 Å². The number of aromatic nitrogens is 1. The molecule has 7 nitrogen and oxygen atoms in total. The van der Waals surface area contributed by atoms with E-state index in [1.807, 2.05) is 18.2 Å². The maximum atomic E-state index is 11.9. The molecule has 0 unspecified atom stereocenters. The molecule has 2 aromatic rings. The van der Waals surface area contributed by atoms with Crippen molar-refractivity contribution >= 4 is 23.0 Å². The maximum Gasteiger partial charge on any atom is 0.285 e. The van der Waals surface area contributed by atoms with E-state index < -0.39 is 4.92 Å². The average Bonchev–Trinajstić information content (AvgIpc) is 2.59. The lowest BCUT2D eigenvalue weighted by atomic mass is 10.1. The molecule has 1 aromatic carbocycles. The summed E-state index contributed by atoms with van der Waals surface area (Å²) in [5.41, 5.74) is 2.04. The Morgan fingerprint density at radius 2 is 1.96 bits per heavy atom. The molecule has 8 heteroatoms. The first kappa shape index (κ1) is 17.4. The molecule has 0 saturated carbocycles. The van der Waals surface area contributed by atoms with Crippen molar-refractivity contribution in [1.82, 2.24) is 4.57 Å². The van der Waals surface area contributed by atoms with Gasteiger partial charge in [0.15, 0.2) is 6.67 Å². The summed E-state index contributed by atoms with van der Waals surface area (Å²) in [6.07, 6.45) is 1.32. The van der Waals surface area contributed by atoms with Crippen LogP contribution in [0.25, 0.3) is 0 Å². The third-order valence-corrected chi connectivity index (χ3v) is 4.79. The van der Waals surface area contributed by atoms with Gasteiger partial charge in [0.05, 0.1) is 37.3 Å². The molecule has 1 aliphatic heterocycles. The van der Waals surface area contributed by atoms with Gasteiger partial charge in [-0.3, -0.25) is 19.5 Å². The van der Waals surface area contributed by atoms with Gasteiger partial charge in [-0.2, -0.15) is 0 Å². The zero-order chi connectivity index (χ0) is 18.0. The number of rotatable bonds is 4. The summed E-state index contributed by atoms with van der Waals surface area (Å²) in [4.78, 5) is 25.9. The van der Waals surface area contributed by atoms with Gasteiger partial charge in [-0.05, 0) is 24.6 Å². The number of anilines is 1. The van der Waals surface area contributed by atoms with Crippen molar-refractivity contribution in [3.8, 4) is 0 Å². The van der Waals surface area contributed by atoms with Crippen molar-refractivity contribution in [3.63, 3.8) is 0 Å². The fourth-order valence-corrected chi connectivity index (χ4v) is 3.30. The largest absolute Gasteiger partial charge is 0.360 e. The number of aryl methyl sites for hydroxylation is 1. The molecular weight excluding hydrogens is 344 g/mol. The van der Waals surface area contributed by atoms with E-state index in [9.17, 15) is 14.9 Å². The predicted molar refractivity (Wildman–Crippen MR) is 96.5 cm³/mol. The van der Waals surface area contributed by atoms with Crippen LogP contribution in [-0.4, -0.2) is 35.7 Å². The smallest absolute Gasteiger partial charge is 0.285 e. The van der Waals surface area contributed by atoms with Gasteiger partial charge in [-0.15, -0.1) is 0 Å². The monoisotopic (exact) mass is 363 g/mol. The minimum Gasteiger partial charge on any atom is -0.360 e. The second-order valence-corrected chi connectivity index (χ2v) is 6.71. The van der Waals surface area contributed by atoms with Crippen LogP contribution in [0.4, 0.5) is 11.4 Å². The van der Waals surface area contributed by atoms with Crippen LogP contribution in [0.2, 0.25) is 5.02 Å². The molecule has 1 aliphatic rings. The molecule has 0 atom stereocenters. The molecule has 0 spiro atoms. The average molecular weight is 364 g/mol. The van der Waals surface area contributed by atoms with E-state index in [2.05, 4.69) is 11.8 Å². The highest BCUT2D eigenvalue weighted by molar-refractivity contribution is 6.30. The number of halogens is 1. The number of benzene rings is 1. The molecule has 1 saturated heterocycles. The molecule has 0 amide bonds. The second kappa shape index (κ2) is 7.25. The number of quaternary nitrogens is 1. The Balaban J connectivity index is 1.67. The Labute approximate surface area is 150 Å². The minimum atomic E-state index is -0.481. The Hall–Kier alpha value is -2.38. The normalized spacial score (nSPS) is 15.4. The number of nitro groups is 1. The van der Waals surface area contributed by atoms with E-state index in [1.165, 1.54) is 33.4 Å². The highest BCUT2D eigenvalue weighted by Gasteiger charge is 2.22. The van der Waals surface area contributed by atoms with Gasteiger partial charge in [-0.1, -0.05) is 17.7 Å². The molecular formula is C17H20ClN4O3+. The molecule has 0 bridgehead atoms. The molecule has 0 radical (unpaired) electrons. The Morgan fingerprint density at radius 3 is 2.64 bits per heavy atom. The summed E-state index contributed by atoms with van der Waals surface area (Å²) < 4.78 is 1.42. The number of hydrogen-bond donors (Lipinski definition) is 1. The van der Waals surface area contributed by atoms with Crippen molar-refractivity contribution in [2.45, 2.75) is 13.6 Å². The first-order valence-corrected chi connectivity index (χ1v) is 8.51. The summed E-state index contributed by atoms with van der Waals surface area (Å²) in [5, 5.41) is 11.6. The molecule has 1 N–H and O–H groups in total. The number of nitrogens with one attached hydrogen (secondary N) is 1. The number of nitrogens with zero attached hydrogens (tertiary/aromatic N) is 3. The van der Waals surface area contributed by atoms with E-state index in [4.69, 9.17) is 11.6 Å². The quantitative estimate of drug-likeness (QED) is 0.651.